The minimum absolute atomic E-state index is 0.0222. The number of benzene rings is 3. The highest BCUT2D eigenvalue weighted by Gasteiger charge is 2.43. The highest BCUT2D eigenvalue weighted by Crippen LogP contribution is 2.37. The summed E-state index contributed by atoms with van der Waals surface area (Å²) in [5.74, 6) is -0.176. The van der Waals surface area contributed by atoms with Crippen molar-refractivity contribution in [3.63, 3.8) is 0 Å². The Morgan fingerprint density at radius 3 is 2.32 bits per heavy atom. The molecule has 1 N–H and O–H groups in total. The van der Waals surface area contributed by atoms with Gasteiger partial charge in [-0.05, 0) is 66.5 Å². The van der Waals surface area contributed by atoms with Gasteiger partial charge in [0.1, 0.15) is 5.82 Å². The molecule has 0 spiro atoms. The number of likely N-dealkylation sites (tertiary alicyclic amines) is 1. The van der Waals surface area contributed by atoms with Gasteiger partial charge in [0.05, 0.1) is 12.0 Å². The summed E-state index contributed by atoms with van der Waals surface area (Å²) >= 11 is 1.73. The number of aryl methyl sites for hydroxylation is 2. The van der Waals surface area contributed by atoms with Crippen LogP contribution in [0.4, 0.5) is 4.39 Å². The fourth-order valence-corrected chi connectivity index (χ4v) is 6.48. The van der Waals surface area contributed by atoms with Crippen molar-refractivity contribution in [1.29, 1.82) is 0 Å². The smallest absolute Gasteiger partial charge is 0.231 e. The van der Waals surface area contributed by atoms with Crippen molar-refractivity contribution in [2.75, 3.05) is 13.1 Å². The van der Waals surface area contributed by atoms with E-state index in [1.54, 1.807) is 23.5 Å². The van der Waals surface area contributed by atoms with Gasteiger partial charge in [0.25, 0.3) is 0 Å². The number of thiophene rings is 1. The Morgan fingerprint density at radius 1 is 0.946 bits per heavy atom. The predicted molar refractivity (Wildman–Crippen MR) is 147 cm³/mol. The summed E-state index contributed by atoms with van der Waals surface area (Å²) < 4.78 is 14.4. The second-order valence-corrected chi connectivity index (χ2v) is 10.9. The lowest BCUT2D eigenvalue weighted by Crippen LogP contribution is -2.52. The van der Waals surface area contributed by atoms with Crippen LogP contribution in [0.5, 0.6) is 0 Å². The van der Waals surface area contributed by atoms with Crippen molar-refractivity contribution in [3.05, 3.63) is 106 Å². The molecule has 0 bridgehead atoms. The van der Waals surface area contributed by atoms with Crippen LogP contribution in [0.2, 0.25) is 0 Å². The molecule has 5 rings (SSSR count). The van der Waals surface area contributed by atoms with Crippen LogP contribution in [-0.2, 0) is 28.0 Å². The lowest BCUT2D eigenvalue weighted by Gasteiger charge is -2.41. The third-order valence-corrected chi connectivity index (χ3v) is 8.90. The lowest BCUT2D eigenvalue weighted by molar-refractivity contribution is -0.137. The third-order valence-electron chi connectivity index (χ3n) is 7.62. The van der Waals surface area contributed by atoms with Crippen LogP contribution < -0.4 is 5.32 Å². The average molecular weight is 515 g/mol. The molecule has 0 atom stereocenters. The zero-order chi connectivity index (χ0) is 25.8. The van der Waals surface area contributed by atoms with Gasteiger partial charge in [-0.2, -0.15) is 0 Å². The van der Waals surface area contributed by atoms with Gasteiger partial charge in [0.2, 0.25) is 11.8 Å². The molecule has 0 aliphatic carbocycles. The maximum atomic E-state index is 13.8. The Bertz CT molecular complexity index is 1390. The van der Waals surface area contributed by atoms with Crippen molar-refractivity contribution in [2.24, 2.45) is 0 Å². The molecule has 0 radical (unpaired) electrons. The molecule has 4 aromatic rings. The summed E-state index contributed by atoms with van der Waals surface area (Å²) in [7, 11) is 0. The molecule has 1 fully saturated rings. The average Bonchev–Trinajstić information content (AvgIpc) is 3.27. The number of carbonyl (C=O) groups excluding carboxylic acids is 2. The molecular weight excluding hydrogens is 483 g/mol. The normalized spacial score (nSPS) is 15.0. The van der Waals surface area contributed by atoms with Crippen LogP contribution in [0.1, 0.15) is 40.8 Å². The molecule has 37 heavy (non-hydrogen) atoms. The number of amides is 2. The number of rotatable bonds is 7. The first kappa shape index (κ1) is 25.2. The molecule has 0 unspecified atom stereocenters. The molecule has 0 saturated carbocycles. The number of carbonyl (C=O) groups is 2. The summed E-state index contributed by atoms with van der Waals surface area (Å²) in [5.41, 5.74) is 2.50. The van der Waals surface area contributed by atoms with E-state index in [1.807, 2.05) is 47.4 Å². The van der Waals surface area contributed by atoms with Gasteiger partial charge in [-0.25, -0.2) is 4.39 Å². The van der Waals surface area contributed by atoms with E-state index in [1.165, 1.54) is 32.7 Å². The van der Waals surface area contributed by atoms with Crippen LogP contribution in [-0.4, -0.2) is 29.8 Å². The maximum absolute atomic E-state index is 13.8. The van der Waals surface area contributed by atoms with Gasteiger partial charge in [0.15, 0.2) is 0 Å². The van der Waals surface area contributed by atoms with Crippen LogP contribution in [0.25, 0.3) is 10.1 Å². The first-order valence-corrected chi connectivity index (χ1v) is 13.6. The van der Waals surface area contributed by atoms with E-state index < -0.39 is 5.41 Å². The number of nitrogens with zero attached hydrogens (tertiary/aromatic N) is 1. The summed E-state index contributed by atoms with van der Waals surface area (Å²) in [4.78, 5) is 29.8. The summed E-state index contributed by atoms with van der Waals surface area (Å²) in [5, 5.41) is 4.48. The van der Waals surface area contributed by atoms with E-state index in [-0.39, 0.29) is 17.6 Å². The molecule has 3 aromatic carbocycles. The Balaban J connectivity index is 1.27. The van der Waals surface area contributed by atoms with E-state index in [9.17, 15) is 14.0 Å². The predicted octanol–water partition coefficient (Wildman–Crippen LogP) is 6.16. The second kappa shape index (κ2) is 10.9. The summed E-state index contributed by atoms with van der Waals surface area (Å²) in [6.07, 6.45) is 2.11. The molecule has 2 heterocycles. The number of halogens is 1. The van der Waals surface area contributed by atoms with E-state index >= 15 is 0 Å². The van der Waals surface area contributed by atoms with Crippen LogP contribution in [0.15, 0.2) is 78.9 Å². The Morgan fingerprint density at radius 2 is 1.62 bits per heavy atom. The number of nitrogens with one attached hydrogen (secondary N) is 1. The zero-order valence-corrected chi connectivity index (χ0v) is 21.8. The molecule has 2 amide bonds. The van der Waals surface area contributed by atoms with Crippen molar-refractivity contribution in [3.8, 4) is 0 Å². The van der Waals surface area contributed by atoms with Gasteiger partial charge >= 0.3 is 0 Å². The minimum Gasteiger partial charge on any atom is -0.350 e. The second-order valence-electron chi connectivity index (χ2n) is 9.78. The number of hydrogen-bond donors (Lipinski definition) is 1. The molecule has 1 saturated heterocycles. The Labute approximate surface area is 221 Å². The molecule has 190 valence electrons. The molecule has 1 aliphatic heterocycles. The molecule has 1 aliphatic rings. The summed E-state index contributed by atoms with van der Waals surface area (Å²) in [6, 6.07) is 24.6. The quantitative estimate of drug-likeness (QED) is 0.321. The summed E-state index contributed by atoms with van der Waals surface area (Å²) in [6.45, 7) is 3.68. The van der Waals surface area contributed by atoms with Crippen molar-refractivity contribution < 1.29 is 14.0 Å². The maximum Gasteiger partial charge on any atom is 0.231 e. The fourth-order valence-electron chi connectivity index (χ4n) is 5.33. The topological polar surface area (TPSA) is 49.4 Å². The van der Waals surface area contributed by atoms with Gasteiger partial charge in [-0.15, -0.1) is 11.3 Å². The van der Waals surface area contributed by atoms with Gasteiger partial charge in [-0.1, -0.05) is 60.7 Å². The minimum atomic E-state index is -0.667. The van der Waals surface area contributed by atoms with Crippen molar-refractivity contribution in [2.45, 2.75) is 44.6 Å². The first-order valence-electron chi connectivity index (χ1n) is 12.8. The van der Waals surface area contributed by atoms with Crippen LogP contribution >= 0.6 is 11.3 Å². The Kier molecular flexibility index (Phi) is 7.38. The van der Waals surface area contributed by atoms with E-state index in [4.69, 9.17) is 0 Å². The molecule has 1 aromatic heterocycles. The number of hydrogen-bond acceptors (Lipinski definition) is 3. The van der Waals surface area contributed by atoms with E-state index in [0.717, 1.165) is 11.1 Å². The molecule has 4 nitrogen and oxygen atoms in total. The van der Waals surface area contributed by atoms with Crippen LogP contribution in [0.3, 0.4) is 0 Å². The highest BCUT2D eigenvalue weighted by molar-refractivity contribution is 7.19. The molecular formula is C31H31FN2O2S. The van der Waals surface area contributed by atoms with Gasteiger partial charge in [0, 0.05) is 29.1 Å². The monoisotopic (exact) mass is 514 g/mol. The number of fused-ring (bicyclic) bond motifs is 1. The SMILES string of the molecule is Cc1c(CNC(=O)C2(c3ccccc3)CCN(C(=O)CCc3ccc(F)cc3)CC2)sc2ccccc12. The fraction of sp³-hybridized carbons (Fsp3) is 0.290. The highest BCUT2D eigenvalue weighted by atomic mass is 32.1. The van der Waals surface area contributed by atoms with E-state index in [2.05, 4.69) is 24.4 Å². The van der Waals surface area contributed by atoms with Gasteiger partial charge in [-0.3, -0.25) is 9.59 Å². The number of piperidine rings is 1. The van der Waals surface area contributed by atoms with E-state index in [0.29, 0.717) is 45.3 Å². The van der Waals surface area contributed by atoms with Crippen molar-refractivity contribution >= 4 is 33.2 Å². The van der Waals surface area contributed by atoms with Gasteiger partial charge < -0.3 is 10.2 Å². The van der Waals surface area contributed by atoms with Crippen molar-refractivity contribution in [1.82, 2.24) is 10.2 Å². The Hall–Kier alpha value is -3.51. The standard InChI is InChI=1S/C31H31FN2O2S/c1-22-26-9-5-6-10-27(26)37-28(22)21-33-30(36)31(24-7-3-2-4-8-24)17-19-34(20-18-31)29(35)16-13-23-11-14-25(32)15-12-23/h2-12,14-15H,13,16-21H2,1H3,(H,33,36). The third kappa shape index (κ3) is 5.30. The largest absolute Gasteiger partial charge is 0.350 e. The zero-order valence-electron chi connectivity index (χ0n) is 21.0. The lowest BCUT2D eigenvalue weighted by atomic mass is 9.72. The molecule has 6 heteroatoms. The first-order chi connectivity index (χ1) is 18.0. The van der Waals surface area contributed by atoms with Crippen LogP contribution in [0, 0.1) is 12.7 Å².